The number of hydrogen-bond donors (Lipinski definition) is 1. The van der Waals surface area contributed by atoms with Crippen molar-refractivity contribution in [1.29, 1.82) is 0 Å². The number of nitrogens with two attached hydrogens (primary N) is 1. The molecule has 2 amide bonds. The van der Waals surface area contributed by atoms with Crippen LogP contribution in [0.2, 0.25) is 0 Å². The van der Waals surface area contributed by atoms with Crippen molar-refractivity contribution in [3.8, 4) is 0 Å². The maximum absolute atomic E-state index is 12.1. The van der Waals surface area contributed by atoms with Gasteiger partial charge in [-0.1, -0.05) is 0 Å². The summed E-state index contributed by atoms with van der Waals surface area (Å²) in [5.41, 5.74) is 5.24. The molecular formula is C9H13FN4O2. The van der Waals surface area contributed by atoms with Gasteiger partial charge in [0.15, 0.2) is 5.69 Å². The van der Waals surface area contributed by atoms with E-state index in [1.165, 1.54) is 29.7 Å². The van der Waals surface area contributed by atoms with Crippen molar-refractivity contribution in [2.75, 3.05) is 20.3 Å². The Hall–Kier alpha value is -1.92. The maximum atomic E-state index is 12.1. The predicted molar refractivity (Wildman–Crippen MR) is 54.7 cm³/mol. The van der Waals surface area contributed by atoms with E-state index in [0.717, 1.165) is 0 Å². The fourth-order valence-corrected chi connectivity index (χ4v) is 1.21. The van der Waals surface area contributed by atoms with Crippen LogP contribution in [0.5, 0.6) is 0 Å². The number of primary amides is 1. The van der Waals surface area contributed by atoms with E-state index in [4.69, 9.17) is 5.73 Å². The summed E-state index contributed by atoms with van der Waals surface area (Å²) in [7, 11) is 2.99. The Balaban J connectivity index is 2.95. The Morgan fingerprint density at radius 2 is 2.25 bits per heavy atom. The van der Waals surface area contributed by atoms with Crippen molar-refractivity contribution in [3.63, 3.8) is 0 Å². The van der Waals surface area contributed by atoms with Crippen LogP contribution in [0.3, 0.4) is 0 Å². The molecule has 1 rings (SSSR count). The van der Waals surface area contributed by atoms with Crippen molar-refractivity contribution >= 4 is 11.8 Å². The molecule has 0 saturated heterocycles. The van der Waals surface area contributed by atoms with Crippen LogP contribution >= 0.6 is 0 Å². The number of aromatic nitrogens is 2. The van der Waals surface area contributed by atoms with Gasteiger partial charge >= 0.3 is 0 Å². The lowest BCUT2D eigenvalue weighted by Gasteiger charge is -2.14. The first-order valence-electron chi connectivity index (χ1n) is 4.62. The number of carbonyl (C=O) groups excluding carboxylic acids is 2. The number of rotatable bonds is 4. The molecule has 0 spiro atoms. The first-order chi connectivity index (χ1) is 7.47. The number of alkyl halides is 1. The van der Waals surface area contributed by atoms with Gasteiger partial charge in [-0.05, 0) is 0 Å². The minimum atomic E-state index is -0.706. The Morgan fingerprint density at radius 3 is 2.69 bits per heavy atom. The lowest BCUT2D eigenvalue weighted by atomic mass is 10.3. The van der Waals surface area contributed by atoms with Crippen LogP contribution in [0.4, 0.5) is 4.39 Å². The van der Waals surface area contributed by atoms with Gasteiger partial charge in [-0.3, -0.25) is 14.3 Å². The molecule has 0 unspecified atom stereocenters. The van der Waals surface area contributed by atoms with Crippen LogP contribution in [0, 0.1) is 0 Å². The van der Waals surface area contributed by atoms with Gasteiger partial charge < -0.3 is 10.6 Å². The molecule has 0 aromatic carbocycles. The molecule has 0 aliphatic heterocycles. The fourth-order valence-electron chi connectivity index (χ4n) is 1.21. The third kappa shape index (κ3) is 2.36. The molecule has 88 valence electrons. The summed E-state index contributed by atoms with van der Waals surface area (Å²) in [4.78, 5) is 23.8. The van der Waals surface area contributed by atoms with Crippen LogP contribution in [0.1, 0.15) is 21.0 Å². The zero-order valence-corrected chi connectivity index (χ0v) is 9.11. The first-order valence-corrected chi connectivity index (χ1v) is 4.62. The summed E-state index contributed by atoms with van der Waals surface area (Å²) in [5.74, 6) is -1.11. The summed E-state index contributed by atoms with van der Waals surface area (Å²) in [6.07, 6.45) is 0. The number of amides is 2. The van der Waals surface area contributed by atoms with Crippen molar-refractivity contribution in [1.82, 2.24) is 14.7 Å². The van der Waals surface area contributed by atoms with Crippen LogP contribution in [0.15, 0.2) is 6.07 Å². The van der Waals surface area contributed by atoms with Gasteiger partial charge in [0.2, 0.25) is 0 Å². The number of hydrogen-bond acceptors (Lipinski definition) is 3. The number of carbonyl (C=O) groups is 2. The van der Waals surface area contributed by atoms with Gasteiger partial charge in [-0.2, -0.15) is 5.10 Å². The largest absolute Gasteiger partial charge is 0.364 e. The normalized spacial score (nSPS) is 10.2. The van der Waals surface area contributed by atoms with E-state index in [9.17, 15) is 14.0 Å². The summed E-state index contributed by atoms with van der Waals surface area (Å²) < 4.78 is 13.3. The third-order valence-electron chi connectivity index (χ3n) is 2.12. The molecule has 0 radical (unpaired) electrons. The maximum Gasteiger partial charge on any atom is 0.271 e. The summed E-state index contributed by atoms with van der Waals surface area (Å²) in [6.45, 7) is -0.626. The summed E-state index contributed by atoms with van der Waals surface area (Å²) in [6, 6.07) is 1.29. The highest BCUT2D eigenvalue weighted by Gasteiger charge is 2.18. The average Bonchev–Trinajstić information content (AvgIpc) is 2.60. The minimum absolute atomic E-state index is 0.00405. The Morgan fingerprint density at radius 1 is 1.62 bits per heavy atom. The topological polar surface area (TPSA) is 81.2 Å². The van der Waals surface area contributed by atoms with Crippen LogP contribution in [-0.2, 0) is 7.05 Å². The highest BCUT2D eigenvalue weighted by atomic mass is 19.1. The molecule has 7 heteroatoms. The smallest absolute Gasteiger partial charge is 0.271 e. The van der Waals surface area contributed by atoms with E-state index in [2.05, 4.69) is 5.10 Å². The molecule has 1 heterocycles. The molecule has 0 bridgehead atoms. The Kier molecular flexibility index (Phi) is 3.60. The molecule has 0 aliphatic rings. The fraction of sp³-hybridized carbons (Fsp3) is 0.444. The lowest BCUT2D eigenvalue weighted by molar-refractivity contribution is 0.0775. The Bertz CT molecular complexity index is 416. The molecule has 16 heavy (non-hydrogen) atoms. The van der Waals surface area contributed by atoms with Crippen molar-refractivity contribution < 1.29 is 14.0 Å². The van der Waals surface area contributed by atoms with Crippen LogP contribution in [-0.4, -0.2) is 46.8 Å². The van der Waals surface area contributed by atoms with Gasteiger partial charge in [0, 0.05) is 26.7 Å². The second kappa shape index (κ2) is 4.73. The number of nitrogens with zero attached hydrogens (tertiary/aromatic N) is 3. The van der Waals surface area contributed by atoms with Crippen LogP contribution < -0.4 is 5.73 Å². The quantitative estimate of drug-likeness (QED) is 0.758. The molecule has 1 aromatic rings. The van der Waals surface area contributed by atoms with E-state index in [-0.39, 0.29) is 17.9 Å². The molecule has 1 aromatic heterocycles. The van der Waals surface area contributed by atoms with Gasteiger partial charge in [0.05, 0.1) is 0 Å². The van der Waals surface area contributed by atoms with E-state index < -0.39 is 18.5 Å². The first kappa shape index (κ1) is 12.2. The molecule has 2 N–H and O–H groups in total. The molecular weight excluding hydrogens is 215 g/mol. The van der Waals surface area contributed by atoms with Crippen molar-refractivity contribution in [2.45, 2.75) is 0 Å². The minimum Gasteiger partial charge on any atom is -0.364 e. The highest BCUT2D eigenvalue weighted by molar-refractivity contribution is 5.97. The molecule has 0 atom stereocenters. The molecule has 6 nitrogen and oxygen atoms in total. The predicted octanol–water partition coefficient (Wildman–Crippen LogP) is -0.440. The van der Waals surface area contributed by atoms with Crippen molar-refractivity contribution in [3.05, 3.63) is 17.5 Å². The van der Waals surface area contributed by atoms with Gasteiger partial charge in [0.1, 0.15) is 12.4 Å². The second-order valence-electron chi connectivity index (χ2n) is 3.32. The average molecular weight is 228 g/mol. The zero-order chi connectivity index (χ0) is 12.3. The molecule has 0 aliphatic carbocycles. The second-order valence-corrected chi connectivity index (χ2v) is 3.32. The van der Waals surface area contributed by atoms with Gasteiger partial charge in [0.25, 0.3) is 11.8 Å². The van der Waals surface area contributed by atoms with Gasteiger partial charge in [-0.25, -0.2) is 4.39 Å². The monoisotopic (exact) mass is 228 g/mol. The van der Waals surface area contributed by atoms with E-state index in [1.807, 2.05) is 0 Å². The standard InChI is InChI=1S/C9H13FN4O2/c1-13(4-3-10)9(16)7-5-6(8(11)15)12-14(7)2/h5H,3-4H2,1-2H3,(H2,11,15). The molecule has 0 fully saturated rings. The van der Waals surface area contributed by atoms with E-state index in [0.29, 0.717) is 0 Å². The molecule has 0 saturated carbocycles. The zero-order valence-electron chi connectivity index (χ0n) is 9.11. The lowest BCUT2D eigenvalue weighted by Crippen LogP contribution is -2.30. The van der Waals surface area contributed by atoms with E-state index in [1.54, 1.807) is 0 Å². The number of halogens is 1. The van der Waals surface area contributed by atoms with Crippen molar-refractivity contribution in [2.24, 2.45) is 12.8 Å². The van der Waals surface area contributed by atoms with E-state index >= 15 is 0 Å². The number of aryl methyl sites for hydroxylation is 1. The summed E-state index contributed by atoms with van der Waals surface area (Å²) >= 11 is 0. The Labute approximate surface area is 91.8 Å². The highest BCUT2D eigenvalue weighted by Crippen LogP contribution is 2.05. The third-order valence-corrected chi connectivity index (χ3v) is 2.12. The van der Waals surface area contributed by atoms with Crippen LogP contribution in [0.25, 0.3) is 0 Å². The van der Waals surface area contributed by atoms with Gasteiger partial charge in [-0.15, -0.1) is 0 Å². The SMILES string of the molecule is CN(CCF)C(=O)c1cc(C(N)=O)nn1C. The summed E-state index contributed by atoms with van der Waals surface area (Å²) in [5, 5.41) is 3.77.